The largest absolute Gasteiger partial charge is 0.347 e. The van der Waals surface area contributed by atoms with Crippen LogP contribution in [0.2, 0.25) is 0 Å². The maximum atomic E-state index is 11.8. The van der Waals surface area contributed by atoms with Gasteiger partial charge in [-0.05, 0) is 19.4 Å². The number of aromatic nitrogens is 2. The molecule has 3 N–H and O–H groups in total. The minimum atomic E-state index is 0.175. The van der Waals surface area contributed by atoms with E-state index in [0.717, 1.165) is 38.1 Å². The van der Waals surface area contributed by atoms with Crippen LogP contribution in [0.25, 0.3) is 0 Å². The van der Waals surface area contributed by atoms with Gasteiger partial charge >= 0.3 is 0 Å². The number of nitrogens with one attached hydrogen (secondary N) is 1. The normalized spacial score (nSPS) is 10.5. The number of imidazole rings is 1. The quantitative estimate of drug-likeness (QED) is 0.670. The van der Waals surface area contributed by atoms with Crippen LogP contribution in [0.4, 0.5) is 0 Å². The Morgan fingerprint density at radius 2 is 2.18 bits per heavy atom. The summed E-state index contributed by atoms with van der Waals surface area (Å²) in [7, 11) is 1.81. The van der Waals surface area contributed by atoms with E-state index in [-0.39, 0.29) is 5.91 Å². The van der Waals surface area contributed by atoms with E-state index in [0.29, 0.717) is 13.0 Å². The summed E-state index contributed by atoms with van der Waals surface area (Å²) in [6.07, 6.45) is 8.27. The predicted octanol–water partition coefficient (Wildman–Crippen LogP) is 1.28. The Kier molecular flexibility index (Phi) is 6.32. The first-order chi connectivity index (χ1) is 8.24. The number of nitrogens with two attached hydrogens (primary N) is 1. The number of aromatic amines is 1. The molecule has 0 aliphatic heterocycles. The van der Waals surface area contributed by atoms with Crippen molar-refractivity contribution >= 4 is 5.91 Å². The number of carbonyl (C=O) groups is 1. The number of H-pyrrole nitrogens is 1. The number of rotatable bonds is 8. The van der Waals surface area contributed by atoms with E-state index in [1.807, 2.05) is 7.05 Å². The molecule has 1 aromatic rings. The molecule has 0 radical (unpaired) electrons. The highest BCUT2D eigenvalue weighted by molar-refractivity contribution is 5.75. The summed E-state index contributed by atoms with van der Waals surface area (Å²) in [5.74, 6) is 0.998. The van der Waals surface area contributed by atoms with Gasteiger partial charge in [-0.25, -0.2) is 4.98 Å². The predicted molar refractivity (Wildman–Crippen MR) is 67.2 cm³/mol. The van der Waals surface area contributed by atoms with Crippen molar-refractivity contribution in [2.24, 2.45) is 5.73 Å². The van der Waals surface area contributed by atoms with Crippen LogP contribution in [0.1, 0.15) is 37.9 Å². The molecule has 0 fully saturated rings. The first-order valence-corrected chi connectivity index (χ1v) is 6.16. The van der Waals surface area contributed by atoms with Crippen molar-refractivity contribution in [2.75, 3.05) is 13.6 Å². The molecule has 1 aromatic heterocycles. The topological polar surface area (TPSA) is 75.0 Å². The lowest BCUT2D eigenvalue weighted by molar-refractivity contribution is -0.130. The van der Waals surface area contributed by atoms with Crippen molar-refractivity contribution in [3.63, 3.8) is 0 Å². The summed E-state index contributed by atoms with van der Waals surface area (Å²) >= 11 is 0. The minimum Gasteiger partial charge on any atom is -0.347 e. The Bertz CT molecular complexity index is 310. The number of carbonyl (C=O) groups excluding carboxylic acids is 1. The molecule has 5 nitrogen and oxygen atoms in total. The van der Waals surface area contributed by atoms with Crippen LogP contribution in [-0.2, 0) is 11.3 Å². The molecule has 0 aliphatic carbocycles. The zero-order chi connectivity index (χ0) is 12.5. The van der Waals surface area contributed by atoms with Crippen molar-refractivity contribution in [1.82, 2.24) is 14.9 Å². The van der Waals surface area contributed by atoms with Gasteiger partial charge in [0, 0.05) is 25.9 Å². The molecule has 0 saturated carbocycles. The number of hydrogen-bond acceptors (Lipinski definition) is 3. The Labute approximate surface area is 102 Å². The first kappa shape index (κ1) is 13.7. The van der Waals surface area contributed by atoms with Crippen molar-refractivity contribution in [1.29, 1.82) is 0 Å². The Morgan fingerprint density at radius 1 is 1.41 bits per heavy atom. The maximum Gasteiger partial charge on any atom is 0.222 e. The van der Waals surface area contributed by atoms with Crippen LogP contribution in [-0.4, -0.2) is 34.4 Å². The molecule has 0 aliphatic rings. The Balaban J connectivity index is 2.14. The average molecular weight is 238 g/mol. The third kappa shape index (κ3) is 5.49. The summed E-state index contributed by atoms with van der Waals surface area (Å²) < 4.78 is 0. The second-order valence-electron chi connectivity index (χ2n) is 4.24. The van der Waals surface area contributed by atoms with E-state index in [1.165, 1.54) is 0 Å². The lowest BCUT2D eigenvalue weighted by Gasteiger charge is -2.15. The smallest absolute Gasteiger partial charge is 0.222 e. The van der Waals surface area contributed by atoms with Gasteiger partial charge in [0.1, 0.15) is 5.82 Å². The van der Waals surface area contributed by atoms with E-state index in [9.17, 15) is 4.79 Å². The van der Waals surface area contributed by atoms with E-state index in [2.05, 4.69) is 9.97 Å². The molecule has 1 rings (SSSR count). The minimum absolute atomic E-state index is 0.175. The van der Waals surface area contributed by atoms with Crippen LogP contribution in [0.15, 0.2) is 12.4 Å². The highest BCUT2D eigenvalue weighted by Crippen LogP contribution is 2.05. The lowest BCUT2D eigenvalue weighted by Crippen LogP contribution is -2.26. The summed E-state index contributed by atoms with van der Waals surface area (Å²) in [5, 5.41) is 0. The fourth-order valence-electron chi connectivity index (χ4n) is 1.66. The van der Waals surface area contributed by atoms with Gasteiger partial charge in [-0.3, -0.25) is 4.79 Å². The van der Waals surface area contributed by atoms with Crippen LogP contribution in [0.5, 0.6) is 0 Å². The molecule has 0 spiro atoms. The van der Waals surface area contributed by atoms with Crippen molar-refractivity contribution in [2.45, 2.75) is 38.6 Å². The highest BCUT2D eigenvalue weighted by Gasteiger charge is 2.09. The van der Waals surface area contributed by atoms with Crippen LogP contribution in [0.3, 0.4) is 0 Å². The van der Waals surface area contributed by atoms with Gasteiger partial charge in [0.2, 0.25) is 5.91 Å². The molecule has 1 heterocycles. The summed E-state index contributed by atoms with van der Waals surface area (Å²) in [6, 6.07) is 0. The molecule has 0 atom stereocenters. The molecular formula is C12H22N4O. The summed E-state index contributed by atoms with van der Waals surface area (Å²) in [5.41, 5.74) is 5.41. The molecular weight excluding hydrogens is 216 g/mol. The van der Waals surface area contributed by atoms with Crippen LogP contribution in [0, 0.1) is 0 Å². The van der Waals surface area contributed by atoms with Gasteiger partial charge in [0.25, 0.3) is 0 Å². The Morgan fingerprint density at radius 3 is 2.82 bits per heavy atom. The SMILES string of the molecule is CN(Cc1ncc[nH]1)C(=O)CCCCCCN. The molecule has 5 heteroatoms. The van der Waals surface area contributed by atoms with E-state index >= 15 is 0 Å². The van der Waals surface area contributed by atoms with Crippen molar-refractivity contribution < 1.29 is 4.79 Å². The molecule has 1 amide bonds. The Hall–Kier alpha value is -1.36. The third-order valence-electron chi connectivity index (χ3n) is 2.71. The fraction of sp³-hybridized carbons (Fsp3) is 0.667. The highest BCUT2D eigenvalue weighted by atomic mass is 16.2. The second-order valence-corrected chi connectivity index (χ2v) is 4.24. The summed E-state index contributed by atoms with van der Waals surface area (Å²) in [4.78, 5) is 20.6. The van der Waals surface area contributed by atoms with Gasteiger partial charge in [0.15, 0.2) is 0 Å². The number of unbranched alkanes of at least 4 members (excludes halogenated alkanes) is 3. The third-order valence-corrected chi connectivity index (χ3v) is 2.71. The zero-order valence-corrected chi connectivity index (χ0v) is 10.5. The van der Waals surface area contributed by atoms with Gasteiger partial charge in [-0.1, -0.05) is 12.8 Å². The molecule has 17 heavy (non-hydrogen) atoms. The fourth-order valence-corrected chi connectivity index (χ4v) is 1.66. The van der Waals surface area contributed by atoms with Crippen molar-refractivity contribution in [3.05, 3.63) is 18.2 Å². The number of hydrogen-bond donors (Lipinski definition) is 2. The molecule has 0 aromatic carbocycles. The molecule has 0 unspecified atom stereocenters. The van der Waals surface area contributed by atoms with Gasteiger partial charge < -0.3 is 15.6 Å². The molecule has 0 bridgehead atoms. The van der Waals surface area contributed by atoms with E-state index < -0.39 is 0 Å². The van der Waals surface area contributed by atoms with Gasteiger partial charge in [-0.2, -0.15) is 0 Å². The van der Waals surface area contributed by atoms with E-state index in [1.54, 1.807) is 17.3 Å². The zero-order valence-electron chi connectivity index (χ0n) is 10.5. The number of amides is 1. The standard InChI is InChI=1S/C12H22N4O/c1-16(10-11-14-8-9-15-11)12(17)6-4-2-3-5-7-13/h8-9H,2-7,10,13H2,1H3,(H,14,15). The molecule has 0 saturated heterocycles. The second kappa shape index (κ2) is 7.84. The van der Waals surface area contributed by atoms with Gasteiger partial charge in [0.05, 0.1) is 6.54 Å². The monoisotopic (exact) mass is 238 g/mol. The van der Waals surface area contributed by atoms with Crippen LogP contribution >= 0.6 is 0 Å². The van der Waals surface area contributed by atoms with Crippen molar-refractivity contribution in [3.8, 4) is 0 Å². The summed E-state index contributed by atoms with van der Waals surface area (Å²) in [6.45, 7) is 1.29. The van der Waals surface area contributed by atoms with Gasteiger partial charge in [-0.15, -0.1) is 0 Å². The van der Waals surface area contributed by atoms with E-state index in [4.69, 9.17) is 5.73 Å². The molecule has 96 valence electrons. The van der Waals surface area contributed by atoms with Crippen LogP contribution < -0.4 is 5.73 Å². The number of nitrogens with zero attached hydrogens (tertiary/aromatic N) is 2. The maximum absolute atomic E-state index is 11.8. The average Bonchev–Trinajstić information content (AvgIpc) is 2.81. The lowest BCUT2D eigenvalue weighted by atomic mass is 10.1. The first-order valence-electron chi connectivity index (χ1n) is 6.16.